The summed E-state index contributed by atoms with van der Waals surface area (Å²) < 4.78 is 40.0. The lowest BCUT2D eigenvalue weighted by Crippen LogP contribution is -2.41. The number of nitrogens with zero attached hydrogens (tertiary/aromatic N) is 4. The van der Waals surface area contributed by atoms with Gasteiger partial charge in [0.2, 0.25) is 5.91 Å². The predicted molar refractivity (Wildman–Crippen MR) is 141 cm³/mol. The summed E-state index contributed by atoms with van der Waals surface area (Å²) in [5, 5.41) is 7.73. The van der Waals surface area contributed by atoms with Crippen molar-refractivity contribution in [1.82, 2.24) is 14.5 Å². The molecule has 2 aliphatic rings. The van der Waals surface area contributed by atoms with E-state index in [0.29, 0.717) is 43.6 Å². The van der Waals surface area contributed by atoms with Crippen LogP contribution >= 0.6 is 38.9 Å². The topological polar surface area (TPSA) is 76.8 Å². The van der Waals surface area contributed by atoms with Gasteiger partial charge in [-0.1, -0.05) is 35.0 Å². The third kappa shape index (κ3) is 5.67. The van der Waals surface area contributed by atoms with Crippen molar-refractivity contribution in [2.45, 2.75) is 44.0 Å². The first-order chi connectivity index (χ1) is 18.1. The Balaban J connectivity index is 1.18. The van der Waals surface area contributed by atoms with E-state index in [0.717, 1.165) is 32.6 Å². The maximum absolute atomic E-state index is 13.1. The first-order valence-electron chi connectivity index (χ1n) is 11.8. The zero-order chi connectivity index (χ0) is 27.0. The first kappa shape index (κ1) is 26.9. The summed E-state index contributed by atoms with van der Waals surface area (Å²) in [5.41, 5.74) is 0.702. The smallest absolute Gasteiger partial charge is 0.387 e. The summed E-state index contributed by atoms with van der Waals surface area (Å²) in [6.07, 6.45) is -2.33. The SMILES string of the molecule is O=C(Cn1cc(C(F)(F)F)cc(Br)c1=O)N1CCC(c2nc(C3=NOC(c4ccccc4Cl)C3)cs2)CC1. The van der Waals surface area contributed by atoms with Crippen LogP contribution in [0.25, 0.3) is 0 Å². The van der Waals surface area contributed by atoms with Crippen LogP contribution in [0.15, 0.2) is 56.3 Å². The van der Waals surface area contributed by atoms with Gasteiger partial charge in [-0.2, -0.15) is 13.2 Å². The van der Waals surface area contributed by atoms with Gasteiger partial charge in [-0.3, -0.25) is 9.59 Å². The van der Waals surface area contributed by atoms with Crippen molar-refractivity contribution in [1.29, 1.82) is 0 Å². The molecule has 200 valence electrons. The molecule has 7 nitrogen and oxygen atoms in total. The molecule has 3 aromatic rings. The number of thiazole rings is 1. The van der Waals surface area contributed by atoms with E-state index in [2.05, 4.69) is 21.1 Å². The summed E-state index contributed by atoms with van der Waals surface area (Å²) >= 11 is 10.7. The van der Waals surface area contributed by atoms with E-state index in [1.807, 2.05) is 29.6 Å². The highest BCUT2D eigenvalue weighted by molar-refractivity contribution is 9.10. The van der Waals surface area contributed by atoms with Gasteiger partial charge in [0.1, 0.15) is 12.3 Å². The summed E-state index contributed by atoms with van der Waals surface area (Å²) in [6.45, 7) is 0.387. The fraction of sp³-hybridized carbons (Fsp3) is 0.360. The van der Waals surface area contributed by atoms with Crippen molar-refractivity contribution < 1.29 is 22.8 Å². The molecule has 0 saturated carbocycles. The highest BCUT2D eigenvalue weighted by atomic mass is 79.9. The molecule has 1 aromatic carbocycles. The monoisotopic (exact) mass is 628 g/mol. The number of piperidine rings is 1. The molecule has 1 saturated heterocycles. The molecule has 1 atom stereocenters. The maximum Gasteiger partial charge on any atom is 0.417 e. The van der Waals surface area contributed by atoms with E-state index in [1.165, 1.54) is 11.3 Å². The average molecular weight is 630 g/mol. The molecule has 38 heavy (non-hydrogen) atoms. The van der Waals surface area contributed by atoms with Crippen LogP contribution < -0.4 is 5.56 Å². The van der Waals surface area contributed by atoms with Crippen molar-refractivity contribution >= 4 is 50.5 Å². The van der Waals surface area contributed by atoms with Crippen LogP contribution in [-0.2, 0) is 22.4 Å². The molecule has 2 aromatic heterocycles. The van der Waals surface area contributed by atoms with Gasteiger partial charge in [-0.25, -0.2) is 4.98 Å². The van der Waals surface area contributed by atoms with Gasteiger partial charge in [-0.05, 0) is 40.9 Å². The Kier molecular flexibility index (Phi) is 7.65. The summed E-state index contributed by atoms with van der Waals surface area (Å²) in [5.74, 6) is -0.259. The molecule has 13 heteroatoms. The largest absolute Gasteiger partial charge is 0.417 e. The Morgan fingerprint density at radius 3 is 2.68 bits per heavy atom. The number of carbonyl (C=O) groups excluding carboxylic acids is 1. The van der Waals surface area contributed by atoms with Crippen LogP contribution in [0.5, 0.6) is 0 Å². The number of rotatable bonds is 5. The summed E-state index contributed by atoms with van der Waals surface area (Å²) in [4.78, 5) is 37.0. The van der Waals surface area contributed by atoms with Crippen molar-refractivity contribution in [3.63, 3.8) is 0 Å². The number of amides is 1. The van der Waals surface area contributed by atoms with E-state index in [4.69, 9.17) is 21.4 Å². The second kappa shape index (κ2) is 10.8. The molecule has 4 heterocycles. The van der Waals surface area contributed by atoms with Crippen molar-refractivity contribution in [2.24, 2.45) is 5.16 Å². The third-order valence-electron chi connectivity index (χ3n) is 6.61. The number of oxime groups is 1. The molecule has 1 amide bonds. The zero-order valence-corrected chi connectivity index (χ0v) is 22.9. The van der Waals surface area contributed by atoms with E-state index >= 15 is 0 Å². The zero-order valence-electron chi connectivity index (χ0n) is 19.8. The van der Waals surface area contributed by atoms with Crippen molar-refractivity contribution in [3.05, 3.63) is 83.6 Å². The molecule has 0 spiro atoms. The molecule has 2 aliphatic heterocycles. The average Bonchev–Trinajstić information content (AvgIpc) is 3.57. The van der Waals surface area contributed by atoms with E-state index in [1.54, 1.807) is 4.90 Å². The van der Waals surface area contributed by atoms with Crippen LogP contribution in [0.2, 0.25) is 5.02 Å². The Morgan fingerprint density at radius 2 is 1.97 bits per heavy atom. The standard InChI is InChI=1S/C25H21BrClF3N4O3S/c26-17-9-15(25(28,29)30)11-34(24(17)36)12-22(35)33-7-5-14(6-8-33)23-31-20(13-38-23)19-10-21(37-32-19)16-3-1-2-4-18(16)27/h1-4,9,11,13-14,21H,5-8,10,12H2. The Bertz CT molecular complexity index is 1450. The highest BCUT2D eigenvalue weighted by Gasteiger charge is 2.33. The van der Waals surface area contributed by atoms with Gasteiger partial charge < -0.3 is 14.3 Å². The predicted octanol–water partition coefficient (Wildman–Crippen LogP) is 6.01. The number of hydrogen-bond acceptors (Lipinski definition) is 6. The van der Waals surface area contributed by atoms with Crippen molar-refractivity contribution in [2.75, 3.05) is 13.1 Å². The van der Waals surface area contributed by atoms with E-state index in [9.17, 15) is 22.8 Å². The summed E-state index contributed by atoms with van der Waals surface area (Å²) in [6, 6.07) is 8.20. The van der Waals surface area contributed by atoms with Gasteiger partial charge in [-0.15, -0.1) is 11.3 Å². The van der Waals surface area contributed by atoms with Gasteiger partial charge in [0.25, 0.3) is 5.56 Å². The third-order valence-corrected chi connectivity index (χ3v) is 8.53. The maximum atomic E-state index is 13.1. The van der Waals surface area contributed by atoms with Crippen LogP contribution in [0.1, 0.15) is 53.1 Å². The number of alkyl halides is 3. The lowest BCUT2D eigenvalue weighted by Gasteiger charge is -2.31. The number of halogens is 5. The Hall–Kier alpha value is -2.70. The van der Waals surface area contributed by atoms with Crippen LogP contribution in [0, 0.1) is 0 Å². The van der Waals surface area contributed by atoms with E-state index < -0.39 is 29.8 Å². The second-order valence-corrected chi connectivity index (χ2v) is 11.2. The Morgan fingerprint density at radius 1 is 1.24 bits per heavy atom. The van der Waals surface area contributed by atoms with Gasteiger partial charge in [0, 0.05) is 47.6 Å². The van der Waals surface area contributed by atoms with E-state index in [-0.39, 0.29) is 16.5 Å². The van der Waals surface area contributed by atoms with Crippen LogP contribution in [0.3, 0.4) is 0 Å². The molecule has 0 radical (unpaired) electrons. The normalized spacial score (nSPS) is 18.4. The number of carbonyl (C=O) groups is 1. The minimum absolute atomic E-state index is 0.144. The second-order valence-electron chi connectivity index (χ2n) is 9.09. The quantitative estimate of drug-likeness (QED) is 0.346. The van der Waals surface area contributed by atoms with Gasteiger partial charge in [0.15, 0.2) is 6.10 Å². The van der Waals surface area contributed by atoms with Crippen LogP contribution in [0.4, 0.5) is 13.2 Å². The number of hydrogen-bond donors (Lipinski definition) is 0. The molecule has 0 bridgehead atoms. The Labute approximate surface area is 233 Å². The highest BCUT2D eigenvalue weighted by Crippen LogP contribution is 2.36. The molecule has 1 unspecified atom stereocenters. The molecule has 1 fully saturated rings. The number of aromatic nitrogens is 2. The van der Waals surface area contributed by atoms with Gasteiger partial charge >= 0.3 is 6.18 Å². The number of likely N-dealkylation sites (tertiary alicyclic amines) is 1. The molecule has 0 N–H and O–H groups in total. The molecule has 0 aliphatic carbocycles. The summed E-state index contributed by atoms with van der Waals surface area (Å²) in [7, 11) is 0. The molecular weight excluding hydrogens is 609 g/mol. The van der Waals surface area contributed by atoms with Crippen LogP contribution in [-0.4, -0.2) is 39.2 Å². The number of benzene rings is 1. The number of pyridine rings is 1. The molecule has 5 rings (SSSR count). The minimum Gasteiger partial charge on any atom is -0.387 e. The lowest BCUT2D eigenvalue weighted by atomic mass is 9.97. The fourth-order valence-corrected chi connectivity index (χ4v) is 6.26. The molecular formula is C25H21BrClF3N4O3S. The van der Waals surface area contributed by atoms with Gasteiger partial charge in [0.05, 0.1) is 20.7 Å². The minimum atomic E-state index is -4.63. The first-order valence-corrected chi connectivity index (χ1v) is 13.8. The lowest BCUT2D eigenvalue weighted by molar-refractivity contribution is -0.139. The fourth-order valence-electron chi connectivity index (χ4n) is 4.53. The van der Waals surface area contributed by atoms with Crippen molar-refractivity contribution in [3.8, 4) is 0 Å².